The summed E-state index contributed by atoms with van der Waals surface area (Å²) in [6.07, 6.45) is 2.77. The third kappa shape index (κ3) is 2.84. The molecule has 1 aromatic carbocycles. The Labute approximate surface area is 165 Å². The van der Waals surface area contributed by atoms with Crippen molar-refractivity contribution < 1.29 is 9.47 Å². The largest absolute Gasteiger partial charge is 0.493 e. The van der Waals surface area contributed by atoms with Gasteiger partial charge in [-0.3, -0.25) is 9.36 Å². The summed E-state index contributed by atoms with van der Waals surface area (Å²) in [5, 5.41) is 1.23. The molecular formula is C20H19ClN2O3S. The van der Waals surface area contributed by atoms with Crippen molar-refractivity contribution in [2.45, 2.75) is 26.8 Å². The fourth-order valence-corrected chi connectivity index (χ4v) is 4.80. The van der Waals surface area contributed by atoms with E-state index in [0.717, 1.165) is 44.0 Å². The van der Waals surface area contributed by atoms with Gasteiger partial charge in [-0.05, 0) is 55.2 Å². The Bertz CT molecular complexity index is 1160. The molecule has 0 amide bonds. The highest BCUT2D eigenvalue weighted by atomic mass is 35.5. The fourth-order valence-electron chi connectivity index (χ4n) is 3.48. The number of ether oxygens (including phenoxy) is 2. The average Bonchev–Trinajstić information content (AvgIpc) is 3.16. The molecule has 1 aliphatic rings. The molecule has 2 aromatic heterocycles. The Hall–Kier alpha value is -2.31. The minimum Gasteiger partial charge on any atom is -0.493 e. The minimum atomic E-state index is 0.0468. The van der Waals surface area contributed by atoms with Gasteiger partial charge in [0.25, 0.3) is 5.56 Å². The van der Waals surface area contributed by atoms with Crippen molar-refractivity contribution in [2.75, 3.05) is 14.2 Å². The number of fused-ring (bicyclic) bond motifs is 2. The summed E-state index contributed by atoms with van der Waals surface area (Å²) in [4.78, 5) is 19.7. The lowest BCUT2D eigenvalue weighted by atomic mass is 10.1. The van der Waals surface area contributed by atoms with Gasteiger partial charge in [0.15, 0.2) is 11.5 Å². The van der Waals surface area contributed by atoms with Gasteiger partial charge in [-0.2, -0.15) is 0 Å². The van der Waals surface area contributed by atoms with Crippen LogP contribution in [0.5, 0.6) is 11.5 Å². The van der Waals surface area contributed by atoms with E-state index >= 15 is 0 Å². The minimum absolute atomic E-state index is 0.0468. The van der Waals surface area contributed by atoms with Crippen LogP contribution in [0, 0.1) is 13.8 Å². The molecule has 4 rings (SSSR count). The number of rotatable bonds is 3. The molecular weight excluding hydrogens is 384 g/mol. The Morgan fingerprint density at radius 2 is 2.04 bits per heavy atom. The molecule has 3 aromatic rings. The van der Waals surface area contributed by atoms with E-state index in [0.29, 0.717) is 23.1 Å². The normalized spacial score (nSPS) is 14.8. The van der Waals surface area contributed by atoms with Gasteiger partial charge in [0.2, 0.25) is 0 Å². The molecule has 1 aliphatic heterocycles. The standard InChI is InChI=1S/C20H19ClN2O3S/c1-10-11(2)27-19-16(10)20(24)23-6-5-13(18(23)22-19)7-12-8-14(21)17(26-4)15(9-12)25-3/h7-9H,5-6H2,1-4H3/b13-7+. The monoisotopic (exact) mass is 402 g/mol. The topological polar surface area (TPSA) is 53.4 Å². The maximum atomic E-state index is 12.9. The first kappa shape index (κ1) is 18.1. The molecule has 27 heavy (non-hydrogen) atoms. The Morgan fingerprint density at radius 1 is 1.26 bits per heavy atom. The Kier molecular flexibility index (Phi) is 4.48. The van der Waals surface area contributed by atoms with Crippen LogP contribution in [-0.2, 0) is 6.54 Å². The lowest BCUT2D eigenvalue weighted by Crippen LogP contribution is -2.20. The summed E-state index contributed by atoms with van der Waals surface area (Å²) in [7, 11) is 3.14. The second-order valence-corrected chi connectivity index (χ2v) is 8.12. The van der Waals surface area contributed by atoms with Gasteiger partial charge >= 0.3 is 0 Å². The third-order valence-electron chi connectivity index (χ3n) is 4.98. The number of aromatic nitrogens is 2. The lowest BCUT2D eigenvalue weighted by Gasteiger charge is -2.10. The van der Waals surface area contributed by atoms with Crippen LogP contribution in [0.25, 0.3) is 21.9 Å². The van der Waals surface area contributed by atoms with Crippen molar-refractivity contribution in [3.8, 4) is 11.5 Å². The number of halogens is 1. The zero-order valence-electron chi connectivity index (χ0n) is 15.6. The van der Waals surface area contributed by atoms with E-state index in [4.69, 9.17) is 26.1 Å². The van der Waals surface area contributed by atoms with E-state index in [1.54, 1.807) is 30.1 Å². The first-order valence-electron chi connectivity index (χ1n) is 8.57. The SMILES string of the molecule is COc1cc(/C=C2\CCn3c2nc2sc(C)c(C)c2c3=O)cc(Cl)c1OC. The lowest BCUT2D eigenvalue weighted by molar-refractivity contribution is 0.355. The van der Waals surface area contributed by atoms with Gasteiger partial charge in [-0.25, -0.2) is 4.98 Å². The van der Waals surface area contributed by atoms with Gasteiger partial charge < -0.3 is 9.47 Å². The maximum absolute atomic E-state index is 12.9. The number of thiophene rings is 1. The van der Waals surface area contributed by atoms with Crippen LogP contribution in [0.1, 0.15) is 28.2 Å². The van der Waals surface area contributed by atoms with Crippen molar-refractivity contribution in [1.29, 1.82) is 0 Å². The van der Waals surface area contributed by atoms with Gasteiger partial charge in [0.05, 0.1) is 24.6 Å². The van der Waals surface area contributed by atoms with E-state index < -0.39 is 0 Å². The maximum Gasteiger partial charge on any atom is 0.262 e. The number of nitrogens with zero attached hydrogens (tertiary/aromatic N) is 2. The van der Waals surface area contributed by atoms with E-state index in [9.17, 15) is 4.79 Å². The Morgan fingerprint density at radius 3 is 2.74 bits per heavy atom. The van der Waals surface area contributed by atoms with Crippen LogP contribution in [-0.4, -0.2) is 23.8 Å². The van der Waals surface area contributed by atoms with Gasteiger partial charge in [-0.15, -0.1) is 11.3 Å². The fraction of sp³-hybridized carbons (Fsp3) is 0.300. The van der Waals surface area contributed by atoms with Crippen LogP contribution >= 0.6 is 22.9 Å². The molecule has 0 saturated carbocycles. The molecule has 0 radical (unpaired) electrons. The molecule has 0 N–H and O–H groups in total. The van der Waals surface area contributed by atoms with Gasteiger partial charge in [0.1, 0.15) is 10.7 Å². The molecule has 140 valence electrons. The Balaban J connectivity index is 1.87. The van der Waals surface area contributed by atoms with E-state index in [1.807, 2.05) is 32.1 Å². The summed E-state index contributed by atoms with van der Waals surface area (Å²) in [5.74, 6) is 1.81. The van der Waals surface area contributed by atoms with E-state index in [-0.39, 0.29) is 5.56 Å². The molecule has 7 heteroatoms. The summed E-state index contributed by atoms with van der Waals surface area (Å²) in [5.41, 5.74) is 2.98. The summed E-state index contributed by atoms with van der Waals surface area (Å²) < 4.78 is 12.4. The van der Waals surface area contributed by atoms with Gasteiger partial charge in [-0.1, -0.05) is 11.6 Å². The zero-order valence-corrected chi connectivity index (χ0v) is 17.1. The molecule has 0 spiro atoms. The molecule has 0 aliphatic carbocycles. The van der Waals surface area contributed by atoms with Crippen molar-refractivity contribution in [3.63, 3.8) is 0 Å². The number of hydrogen-bond acceptors (Lipinski definition) is 5. The zero-order chi connectivity index (χ0) is 19.3. The molecule has 0 fully saturated rings. The number of aryl methyl sites for hydroxylation is 2. The summed E-state index contributed by atoms with van der Waals surface area (Å²) >= 11 is 7.89. The molecule has 3 heterocycles. The predicted molar refractivity (Wildman–Crippen MR) is 110 cm³/mol. The second kappa shape index (κ2) is 6.69. The first-order chi connectivity index (χ1) is 12.9. The second-order valence-electron chi connectivity index (χ2n) is 6.51. The van der Waals surface area contributed by atoms with Crippen molar-refractivity contribution >= 4 is 44.8 Å². The highest BCUT2D eigenvalue weighted by Gasteiger charge is 2.23. The number of hydrogen-bond donors (Lipinski definition) is 0. The third-order valence-corrected chi connectivity index (χ3v) is 6.36. The smallest absolute Gasteiger partial charge is 0.262 e. The van der Waals surface area contributed by atoms with Crippen LogP contribution in [0.15, 0.2) is 16.9 Å². The quantitative estimate of drug-likeness (QED) is 0.637. The van der Waals surface area contributed by atoms with Crippen LogP contribution < -0.4 is 15.0 Å². The van der Waals surface area contributed by atoms with Crippen molar-refractivity contribution in [2.24, 2.45) is 0 Å². The number of methoxy groups -OCH3 is 2. The van der Waals surface area contributed by atoms with Crippen LogP contribution in [0.4, 0.5) is 0 Å². The summed E-state index contributed by atoms with van der Waals surface area (Å²) in [6, 6.07) is 3.70. The predicted octanol–water partition coefficient (Wildman–Crippen LogP) is 4.69. The highest BCUT2D eigenvalue weighted by Crippen LogP contribution is 2.38. The van der Waals surface area contributed by atoms with Gasteiger partial charge in [0, 0.05) is 11.4 Å². The number of allylic oxidation sites excluding steroid dienone is 1. The van der Waals surface area contributed by atoms with Crippen molar-refractivity contribution in [3.05, 3.63) is 49.3 Å². The molecule has 0 saturated heterocycles. The molecule has 0 unspecified atom stereocenters. The van der Waals surface area contributed by atoms with Crippen molar-refractivity contribution in [1.82, 2.24) is 9.55 Å². The first-order valence-corrected chi connectivity index (χ1v) is 9.77. The highest BCUT2D eigenvalue weighted by molar-refractivity contribution is 7.18. The molecule has 0 atom stereocenters. The van der Waals surface area contributed by atoms with E-state index in [1.165, 1.54) is 0 Å². The average molecular weight is 403 g/mol. The van der Waals surface area contributed by atoms with Crippen LogP contribution in [0.2, 0.25) is 5.02 Å². The van der Waals surface area contributed by atoms with Crippen LogP contribution in [0.3, 0.4) is 0 Å². The number of benzene rings is 1. The van der Waals surface area contributed by atoms with E-state index in [2.05, 4.69) is 0 Å². The molecule has 0 bridgehead atoms. The molecule has 5 nitrogen and oxygen atoms in total. The summed E-state index contributed by atoms with van der Waals surface area (Å²) in [6.45, 7) is 4.65.